The van der Waals surface area contributed by atoms with Crippen LogP contribution in [0.5, 0.6) is 0 Å². The molecule has 0 saturated heterocycles. The second-order valence-corrected chi connectivity index (χ2v) is 3.31. The Kier molecular flexibility index (Phi) is 2.51. The summed E-state index contributed by atoms with van der Waals surface area (Å²) in [4.78, 5) is 10.1. The van der Waals surface area contributed by atoms with E-state index in [-0.39, 0.29) is 17.1 Å². The molecule has 6 heteroatoms. The number of nitro benzene ring substituents is 1. The first-order valence-electron chi connectivity index (χ1n) is 4.65. The molecule has 0 amide bonds. The topological polar surface area (TPSA) is 106 Å². The Hall–Kier alpha value is -2.81. The molecule has 1 aromatic carbocycles. The van der Waals surface area contributed by atoms with Gasteiger partial charge in [0.2, 0.25) is 5.88 Å². The Morgan fingerprint density at radius 1 is 1.47 bits per heavy atom. The van der Waals surface area contributed by atoms with Crippen molar-refractivity contribution < 1.29 is 9.34 Å². The zero-order valence-electron chi connectivity index (χ0n) is 8.58. The second kappa shape index (κ2) is 3.98. The van der Waals surface area contributed by atoms with Crippen LogP contribution in [0.25, 0.3) is 11.1 Å². The number of anilines is 1. The number of hydrogen-bond donors (Lipinski definition) is 1. The fourth-order valence-electron chi connectivity index (χ4n) is 1.49. The maximum absolute atomic E-state index is 10.6. The van der Waals surface area contributed by atoms with Crippen molar-refractivity contribution in [1.82, 2.24) is 0 Å². The molecule has 2 N–H and O–H groups in total. The molecule has 0 radical (unpaired) electrons. The van der Waals surface area contributed by atoms with Crippen molar-refractivity contribution in [3.8, 4) is 17.2 Å². The van der Waals surface area contributed by atoms with E-state index in [4.69, 9.17) is 15.4 Å². The Bertz CT molecular complexity index is 625. The Balaban J connectivity index is 2.57. The molecule has 6 nitrogen and oxygen atoms in total. The number of nitro groups is 1. The van der Waals surface area contributed by atoms with Crippen molar-refractivity contribution in [3.05, 3.63) is 46.2 Å². The van der Waals surface area contributed by atoms with E-state index >= 15 is 0 Å². The molecule has 17 heavy (non-hydrogen) atoms. The minimum atomic E-state index is -0.501. The van der Waals surface area contributed by atoms with Crippen LogP contribution in [0.3, 0.4) is 0 Å². The molecule has 2 aromatic rings. The molecule has 0 fully saturated rings. The van der Waals surface area contributed by atoms with E-state index in [1.54, 1.807) is 6.07 Å². The highest BCUT2D eigenvalue weighted by Gasteiger charge is 2.15. The van der Waals surface area contributed by atoms with E-state index in [9.17, 15) is 10.1 Å². The zero-order valence-corrected chi connectivity index (χ0v) is 8.58. The highest BCUT2D eigenvalue weighted by molar-refractivity contribution is 5.75. The molecule has 2 rings (SSSR count). The normalized spacial score (nSPS) is 9.82. The molecule has 0 saturated carbocycles. The quantitative estimate of drug-likeness (QED) is 0.628. The molecule has 0 aliphatic rings. The number of nitrogen functional groups attached to an aromatic ring is 1. The van der Waals surface area contributed by atoms with E-state index in [2.05, 4.69) is 0 Å². The van der Waals surface area contributed by atoms with Gasteiger partial charge in [-0.1, -0.05) is 12.1 Å². The number of benzene rings is 1. The molecular formula is C11H7N3O3. The standard InChI is InChI=1S/C11H7N3O3/c12-5-9-10(6-17-11(9)13)7-2-1-3-8(4-7)14(15)16/h1-4,6H,13H2. The number of rotatable bonds is 2. The smallest absolute Gasteiger partial charge is 0.270 e. The van der Waals surface area contributed by atoms with Crippen LogP contribution in [0, 0.1) is 21.4 Å². The van der Waals surface area contributed by atoms with Gasteiger partial charge in [-0.25, -0.2) is 0 Å². The first kappa shape index (κ1) is 10.7. The first-order valence-corrected chi connectivity index (χ1v) is 4.65. The second-order valence-electron chi connectivity index (χ2n) is 3.31. The summed E-state index contributed by atoms with van der Waals surface area (Å²) in [6.45, 7) is 0. The van der Waals surface area contributed by atoms with Crippen LogP contribution >= 0.6 is 0 Å². The summed E-state index contributed by atoms with van der Waals surface area (Å²) >= 11 is 0. The summed E-state index contributed by atoms with van der Waals surface area (Å²) in [5.74, 6) is 0.00834. The number of furan rings is 1. The summed E-state index contributed by atoms with van der Waals surface area (Å²) in [5.41, 5.74) is 6.58. The van der Waals surface area contributed by atoms with Crippen molar-refractivity contribution in [3.63, 3.8) is 0 Å². The van der Waals surface area contributed by atoms with Gasteiger partial charge in [-0.2, -0.15) is 5.26 Å². The lowest BCUT2D eigenvalue weighted by atomic mass is 10.0. The highest BCUT2D eigenvalue weighted by Crippen LogP contribution is 2.30. The highest BCUT2D eigenvalue weighted by atomic mass is 16.6. The lowest BCUT2D eigenvalue weighted by Gasteiger charge is -1.97. The lowest BCUT2D eigenvalue weighted by Crippen LogP contribution is -1.89. The number of nitriles is 1. The van der Waals surface area contributed by atoms with Gasteiger partial charge in [0, 0.05) is 17.7 Å². The molecule has 1 heterocycles. The fraction of sp³-hybridized carbons (Fsp3) is 0. The van der Waals surface area contributed by atoms with Crippen LogP contribution in [-0.2, 0) is 0 Å². The maximum Gasteiger partial charge on any atom is 0.270 e. The van der Waals surface area contributed by atoms with Crippen LogP contribution < -0.4 is 5.73 Å². The van der Waals surface area contributed by atoms with Gasteiger partial charge in [0.05, 0.1) is 4.92 Å². The molecule has 0 atom stereocenters. The Morgan fingerprint density at radius 2 is 2.24 bits per heavy atom. The van der Waals surface area contributed by atoms with E-state index in [0.717, 1.165) is 0 Å². The van der Waals surface area contributed by atoms with E-state index < -0.39 is 4.92 Å². The number of hydrogen-bond acceptors (Lipinski definition) is 5. The predicted octanol–water partition coefficient (Wildman–Crippen LogP) is 2.31. The summed E-state index contributed by atoms with van der Waals surface area (Å²) in [7, 11) is 0. The minimum absolute atomic E-state index is 0.00834. The number of non-ortho nitro benzene ring substituents is 1. The van der Waals surface area contributed by atoms with E-state index in [1.807, 2.05) is 6.07 Å². The largest absolute Gasteiger partial charge is 0.447 e. The van der Waals surface area contributed by atoms with Gasteiger partial charge in [0.15, 0.2) is 0 Å². The SMILES string of the molecule is N#Cc1c(-c2cccc([N+](=O)[O-])c2)coc1N. The molecule has 1 aromatic heterocycles. The predicted molar refractivity (Wildman–Crippen MR) is 59.9 cm³/mol. The minimum Gasteiger partial charge on any atom is -0.447 e. The number of nitrogens with two attached hydrogens (primary N) is 1. The van der Waals surface area contributed by atoms with Crippen LogP contribution in [0.4, 0.5) is 11.6 Å². The third kappa shape index (κ3) is 1.81. The summed E-state index contributed by atoms with van der Waals surface area (Å²) in [5, 5.41) is 19.5. The van der Waals surface area contributed by atoms with Crippen molar-refractivity contribution >= 4 is 11.6 Å². The fourth-order valence-corrected chi connectivity index (χ4v) is 1.49. The van der Waals surface area contributed by atoms with Crippen LogP contribution in [0.15, 0.2) is 34.9 Å². The summed E-state index contributed by atoms with van der Waals surface area (Å²) in [6.07, 6.45) is 1.31. The number of nitrogens with zero attached hydrogens (tertiary/aromatic N) is 2. The van der Waals surface area contributed by atoms with Gasteiger partial charge < -0.3 is 10.2 Å². The Labute approximate surface area is 96.0 Å². The Morgan fingerprint density at radius 3 is 2.88 bits per heavy atom. The first-order chi connectivity index (χ1) is 8.13. The van der Waals surface area contributed by atoms with Gasteiger partial charge in [-0.3, -0.25) is 10.1 Å². The molecule has 84 valence electrons. The van der Waals surface area contributed by atoms with Gasteiger partial charge in [0.1, 0.15) is 17.9 Å². The molecule has 0 aliphatic carbocycles. The van der Waals surface area contributed by atoms with Crippen LogP contribution in [0.2, 0.25) is 0 Å². The average Bonchev–Trinajstić information content (AvgIpc) is 2.70. The van der Waals surface area contributed by atoms with Gasteiger partial charge in [-0.05, 0) is 5.56 Å². The maximum atomic E-state index is 10.6. The monoisotopic (exact) mass is 229 g/mol. The van der Waals surface area contributed by atoms with Gasteiger partial charge in [0.25, 0.3) is 5.69 Å². The lowest BCUT2D eigenvalue weighted by molar-refractivity contribution is -0.384. The molecule has 0 aliphatic heterocycles. The third-order valence-electron chi connectivity index (χ3n) is 2.30. The summed E-state index contributed by atoms with van der Waals surface area (Å²) in [6, 6.07) is 7.83. The van der Waals surface area contributed by atoms with Crippen molar-refractivity contribution in [2.75, 3.05) is 5.73 Å². The van der Waals surface area contributed by atoms with Crippen molar-refractivity contribution in [2.24, 2.45) is 0 Å². The molecule has 0 unspecified atom stereocenters. The van der Waals surface area contributed by atoms with Crippen LogP contribution in [0.1, 0.15) is 5.56 Å². The average molecular weight is 229 g/mol. The van der Waals surface area contributed by atoms with Crippen LogP contribution in [-0.4, -0.2) is 4.92 Å². The zero-order chi connectivity index (χ0) is 12.4. The molecular weight excluding hydrogens is 222 g/mol. The van der Waals surface area contributed by atoms with Crippen molar-refractivity contribution in [2.45, 2.75) is 0 Å². The van der Waals surface area contributed by atoms with Gasteiger partial charge in [-0.15, -0.1) is 0 Å². The summed E-state index contributed by atoms with van der Waals surface area (Å²) < 4.78 is 4.93. The third-order valence-corrected chi connectivity index (χ3v) is 2.30. The van der Waals surface area contributed by atoms with Crippen molar-refractivity contribution in [1.29, 1.82) is 5.26 Å². The molecule has 0 bridgehead atoms. The van der Waals surface area contributed by atoms with E-state index in [1.165, 1.54) is 24.5 Å². The van der Waals surface area contributed by atoms with Gasteiger partial charge >= 0.3 is 0 Å². The molecule has 0 spiro atoms. The van der Waals surface area contributed by atoms with E-state index in [0.29, 0.717) is 11.1 Å².